The molecule has 0 aliphatic carbocycles. The van der Waals surface area contributed by atoms with Crippen molar-refractivity contribution in [1.29, 1.82) is 0 Å². The number of esters is 2. The number of rotatable bonds is 6. The van der Waals surface area contributed by atoms with Gasteiger partial charge >= 0.3 is 11.9 Å². The Hall–Kier alpha value is -0.710. The first kappa shape index (κ1) is 16.3. The number of methoxy groups -OCH3 is 1. The molecule has 0 bridgehead atoms. The lowest BCUT2D eigenvalue weighted by molar-refractivity contribution is -0.160. The van der Waals surface area contributed by atoms with Crippen LogP contribution in [0.5, 0.6) is 0 Å². The summed E-state index contributed by atoms with van der Waals surface area (Å²) >= 11 is 1.64. The topological polar surface area (TPSA) is 52.6 Å². The van der Waals surface area contributed by atoms with Crippen molar-refractivity contribution in [2.24, 2.45) is 5.92 Å². The van der Waals surface area contributed by atoms with Crippen LogP contribution in [0, 0.1) is 5.92 Å². The van der Waals surface area contributed by atoms with E-state index in [-0.39, 0.29) is 18.4 Å². The second-order valence-electron chi connectivity index (χ2n) is 4.79. The Bertz CT molecular complexity index is 258. The van der Waals surface area contributed by atoms with E-state index in [9.17, 15) is 9.59 Å². The molecular formula is C12H22O4S. The summed E-state index contributed by atoms with van der Waals surface area (Å²) in [6.07, 6.45) is 2.68. The molecule has 0 aliphatic rings. The minimum absolute atomic E-state index is 0.0878. The van der Waals surface area contributed by atoms with Crippen LogP contribution in [0.1, 0.15) is 33.6 Å². The van der Waals surface area contributed by atoms with Gasteiger partial charge in [0.15, 0.2) is 0 Å². The smallest absolute Gasteiger partial charge is 0.309 e. The van der Waals surface area contributed by atoms with E-state index in [0.29, 0.717) is 6.42 Å². The van der Waals surface area contributed by atoms with Gasteiger partial charge in [-0.05, 0) is 39.2 Å². The summed E-state index contributed by atoms with van der Waals surface area (Å²) < 4.78 is 9.87. The Morgan fingerprint density at radius 3 is 2.29 bits per heavy atom. The molecule has 0 spiro atoms. The lowest BCUT2D eigenvalue weighted by atomic mass is 10.0. The first-order valence-corrected chi connectivity index (χ1v) is 6.98. The molecule has 0 N–H and O–H groups in total. The third kappa shape index (κ3) is 8.07. The van der Waals surface area contributed by atoms with Gasteiger partial charge < -0.3 is 9.47 Å². The van der Waals surface area contributed by atoms with Crippen LogP contribution in [0.4, 0.5) is 0 Å². The quantitative estimate of drug-likeness (QED) is 0.687. The molecule has 100 valence electrons. The van der Waals surface area contributed by atoms with Crippen LogP contribution in [-0.4, -0.2) is 36.7 Å². The molecule has 0 aromatic carbocycles. The summed E-state index contributed by atoms with van der Waals surface area (Å²) in [5, 5.41) is 0. The summed E-state index contributed by atoms with van der Waals surface area (Å²) in [5.41, 5.74) is -0.517. The molecule has 4 nitrogen and oxygen atoms in total. The second-order valence-corrected chi connectivity index (χ2v) is 5.78. The fourth-order valence-corrected chi connectivity index (χ4v) is 1.83. The van der Waals surface area contributed by atoms with Gasteiger partial charge in [0.1, 0.15) is 5.60 Å². The van der Waals surface area contributed by atoms with Crippen LogP contribution in [-0.2, 0) is 19.1 Å². The van der Waals surface area contributed by atoms with Gasteiger partial charge in [-0.1, -0.05) is 0 Å². The van der Waals surface area contributed by atoms with Crippen molar-refractivity contribution in [2.45, 2.75) is 39.2 Å². The van der Waals surface area contributed by atoms with Crippen LogP contribution in [0.3, 0.4) is 0 Å². The van der Waals surface area contributed by atoms with E-state index in [0.717, 1.165) is 5.75 Å². The molecule has 0 aliphatic heterocycles. The van der Waals surface area contributed by atoms with E-state index in [2.05, 4.69) is 4.74 Å². The van der Waals surface area contributed by atoms with Crippen LogP contribution in [0.25, 0.3) is 0 Å². The third-order valence-corrected chi connectivity index (χ3v) is 2.68. The molecule has 5 heteroatoms. The predicted molar refractivity (Wildman–Crippen MR) is 69.0 cm³/mol. The number of ether oxygens (including phenoxy) is 2. The standard InChI is InChI=1S/C12H22O4S/c1-12(2,3)16-10(13)8-9(6-7-17-5)11(14)15-4/h9H,6-8H2,1-5H3/t9-/m1/s1. The van der Waals surface area contributed by atoms with Crippen molar-refractivity contribution >= 4 is 23.7 Å². The van der Waals surface area contributed by atoms with Crippen LogP contribution >= 0.6 is 11.8 Å². The van der Waals surface area contributed by atoms with Crippen LogP contribution < -0.4 is 0 Å². The fourth-order valence-electron chi connectivity index (χ4n) is 1.31. The van der Waals surface area contributed by atoms with Crippen LogP contribution in [0.15, 0.2) is 0 Å². The van der Waals surface area contributed by atoms with Crippen LogP contribution in [0.2, 0.25) is 0 Å². The molecule has 0 rings (SSSR count). The molecule has 0 amide bonds. The lowest BCUT2D eigenvalue weighted by Gasteiger charge is -2.21. The summed E-state index contributed by atoms with van der Waals surface area (Å²) in [5.74, 6) is -0.274. The summed E-state index contributed by atoms with van der Waals surface area (Å²) in [4.78, 5) is 23.1. The highest BCUT2D eigenvalue weighted by Crippen LogP contribution is 2.17. The van der Waals surface area contributed by atoms with Gasteiger partial charge in [-0.3, -0.25) is 9.59 Å². The third-order valence-electron chi connectivity index (χ3n) is 2.04. The van der Waals surface area contributed by atoms with Crippen molar-refractivity contribution in [3.05, 3.63) is 0 Å². The molecule has 0 radical (unpaired) electrons. The second kappa shape index (κ2) is 7.58. The first-order valence-electron chi connectivity index (χ1n) is 5.58. The summed E-state index contributed by atoms with van der Waals surface area (Å²) in [6.45, 7) is 5.42. The Balaban J connectivity index is 4.32. The minimum atomic E-state index is -0.517. The first-order chi connectivity index (χ1) is 7.80. The van der Waals surface area contributed by atoms with Gasteiger partial charge in [0.2, 0.25) is 0 Å². The number of hydrogen-bond donors (Lipinski definition) is 0. The number of carbonyl (C=O) groups is 2. The molecule has 0 unspecified atom stereocenters. The van der Waals surface area contributed by atoms with Crippen molar-refractivity contribution in [2.75, 3.05) is 19.1 Å². The Labute approximate surface area is 107 Å². The predicted octanol–water partition coefficient (Wildman–Crippen LogP) is 2.26. The van der Waals surface area contributed by atoms with Crippen molar-refractivity contribution in [3.8, 4) is 0 Å². The average Bonchev–Trinajstić information content (AvgIpc) is 2.20. The summed E-state index contributed by atoms with van der Waals surface area (Å²) in [7, 11) is 1.34. The van der Waals surface area contributed by atoms with E-state index in [4.69, 9.17) is 4.74 Å². The van der Waals surface area contributed by atoms with Gasteiger partial charge in [-0.25, -0.2) is 0 Å². The Morgan fingerprint density at radius 2 is 1.88 bits per heavy atom. The van der Waals surface area contributed by atoms with Gasteiger partial charge in [0, 0.05) is 0 Å². The Kier molecular flexibility index (Phi) is 7.27. The molecular weight excluding hydrogens is 240 g/mol. The monoisotopic (exact) mass is 262 g/mol. The highest BCUT2D eigenvalue weighted by Gasteiger charge is 2.25. The highest BCUT2D eigenvalue weighted by molar-refractivity contribution is 7.98. The molecule has 0 saturated heterocycles. The maximum atomic E-state index is 11.6. The van der Waals surface area contributed by atoms with Gasteiger partial charge in [-0.15, -0.1) is 0 Å². The zero-order valence-electron chi connectivity index (χ0n) is 11.2. The summed E-state index contributed by atoms with van der Waals surface area (Å²) in [6, 6.07) is 0. The average molecular weight is 262 g/mol. The molecule has 0 heterocycles. The van der Waals surface area contributed by atoms with Gasteiger partial charge in [0.25, 0.3) is 0 Å². The fraction of sp³-hybridized carbons (Fsp3) is 0.833. The normalized spacial score (nSPS) is 13.0. The minimum Gasteiger partial charge on any atom is -0.469 e. The van der Waals surface area contributed by atoms with E-state index < -0.39 is 11.5 Å². The van der Waals surface area contributed by atoms with Crippen molar-refractivity contribution < 1.29 is 19.1 Å². The molecule has 17 heavy (non-hydrogen) atoms. The molecule has 0 aromatic heterocycles. The van der Waals surface area contributed by atoms with Gasteiger partial charge in [-0.2, -0.15) is 11.8 Å². The lowest BCUT2D eigenvalue weighted by Crippen LogP contribution is -2.28. The maximum absolute atomic E-state index is 11.6. The number of carbonyl (C=O) groups excluding carboxylic acids is 2. The maximum Gasteiger partial charge on any atom is 0.309 e. The van der Waals surface area contributed by atoms with Crippen molar-refractivity contribution in [1.82, 2.24) is 0 Å². The zero-order chi connectivity index (χ0) is 13.5. The molecule has 0 aromatic rings. The largest absolute Gasteiger partial charge is 0.469 e. The van der Waals surface area contributed by atoms with Crippen molar-refractivity contribution in [3.63, 3.8) is 0 Å². The van der Waals surface area contributed by atoms with E-state index in [1.54, 1.807) is 32.5 Å². The Morgan fingerprint density at radius 1 is 1.29 bits per heavy atom. The molecule has 0 saturated carbocycles. The van der Waals surface area contributed by atoms with Gasteiger partial charge in [0.05, 0.1) is 19.4 Å². The highest BCUT2D eigenvalue weighted by atomic mass is 32.2. The van der Waals surface area contributed by atoms with E-state index >= 15 is 0 Å². The zero-order valence-corrected chi connectivity index (χ0v) is 12.1. The molecule has 1 atom stereocenters. The van der Waals surface area contributed by atoms with E-state index in [1.807, 2.05) is 6.26 Å². The SMILES string of the molecule is COC(=O)[C@H](CCSC)CC(=O)OC(C)(C)C. The van der Waals surface area contributed by atoms with E-state index in [1.165, 1.54) is 7.11 Å². The number of thioether (sulfide) groups is 1. The molecule has 0 fully saturated rings. The number of hydrogen-bond acceptors (Lipinski definition) is 5.